The number of fused-ring (bicyclic) bond motifs is 2. The summed E-state index contributed by atoms with van der Waals surface area (Å²) in [6, 6.07) is 12.9. The summed E-state index contributed by atoms with van der Waals surface area (Å²) < 4.78 is 11.5. The van der Waals surface area contributed by atoms with Crippen molar-refractivity contribution in [1.29, 1.82) is 0 Å². The van der Waals surface area contributed by atoms with E-state index in [0.717, 1.165) is 53.5 Å². The van der Waals surface area contributed by atoms with Gasteiger partial charge in [0.1, 0.15) is 19.4 Å². The fraction of sp³-hybridized carbons (Fsp3) is 0.552. The van der Waals surface area contributed by atoms with Gasteiger partial charge >= 0.3 is 0 Å². The van der Waals surface area contributed by atoms with Crippen LogP contribution in [0.25, 0.3) is 11.1 Å². The smallest absolute Gasteiger partial charge is 0.257 e. The average molecular weight is 478 g/mol. The third-order valence-electron chi connectivity index (χ3n) is 7.79. The summed E-state index contributed by atoms with van der Waals surface area (Å²) >= 11 is 0. The molecular weight excluding hydrogens is 438 g/mol. The van der Waals surface area contributed by atoms with Gasteiger partial charge in [0.05, 0.1) is 11.3 Å². The Balaban J connectivity index is 1.46. The highest BCUT2D eigenvalue weighted by atomic mass is 16.6. The van der Waals surface area contributed by atoms with Crippen LogP contribution in [0.2, 0.25) is 0 Å². The normalized spacial score (nSPS) is 22.7. The van der Waals surface area contributed by atoms with Gasteiger partial charge in [-0.1, -0.05) is 26.0 Å². The van der Waals surface area contributed by atoms with Crippen LogP contribution in [0.5, 0.6) is 11.5 Å². The number of hydrogen-bond donors (Lipinski definition) is 0. The first kappa shape index (κ1) is 24.0. The lowest BCUT2D eigenvalue weighted by Crippen LogP contribution is -2.58. The molecule has 0 bridgehead atoms. The summed E-state index contributed by atoms with van der Waals surface area (Å²) in [4.78, 5) is 21.0. The third kappa shape index (κ3) is 4.61. The Hall–Kier alpha value is -2.73. The zero-order valence-electron chi connectivity index (χ0n) is 21.8. The monoisotopic (exact) mass is 477 g/mol. The van der Waals surface area contributed by atoms with Crippen molar-refractivity contribution in [3.05, 3.63) is 42.0 Å². The van der Waals surface area contributed by atoms with E-state index in [-0.39, 0.29) is 12.1 Å². The van der Waals surface area contributed by atoms with Crippen LogP contribution in [-0.2, 0) is 0 Å². The van der Waals surface area contributed by atoms with Crippen LogP contribution in [0.15, 0.2) is 36.4 Å². The summed E-state index contributed by atoms with van der Waals surface area (Å²) in [5.74, 6) is 2.54. The number of anilines is 1. The number of carbonyl (C=O) groups excluding carboxylic acids is 1. The Morgan fingerprint density at radius 3 is 2.43 bits per heavy atom. The Kier molecular flexibility index (Phi) is 6.67. The molecule has 35 heavy (non-hydrogen) atoms. The lowest BCUT2D eigenvalue weighted by molar-refractivity contribution is 0.0467. The number of hydrogen-bond acceptors (Lipinski definition) is 5. The molecule has 0 saturated carbocycles. The number of benzene rings is 2. The number of carbonyl (C=O) groups is 1. The number of nitrogens with zero attached hydrogens (tertiary/aromatic N) is 3. The van der Waals surface area contributed by atoms with Gasteiger partial charge in [0.2, 0.25) is 0 Å². The molecule has 0 aliphatic carbocycles. The Labute approximate surface area is 209 Å². The summed E-state index contributed by atoms with van der Waals surface area (Å²) in [5, 5.41) is 0. The van der Waals surface area contributed by atoms with Crippen molar-refractivity contribution < 1.29 is 14.3 Å². The highest BCUT2D eigenvalue weighted by Crippen LogP contribution is 2.39. The molecule has 3 aliphatic heterocycles. The summed E-state index contributed by atoms with van der Waals surface area (Å²) in [6.07, 6.45) is 2.45. The fourth-order valence-electron chi connectivity index (χ4n) is 6.04. The van der Waals surface area contributed by atoms with Crippen LogP contribution in [0.1, 0.15) is 50.9 Å². The Morgan fingerprint density at radius 1 is 0.971 bits per heavy atom. The van der Waals surface area contributed by atoms with E-state index in [1.165, 1.54) is 12.8 Å². The quantitative estimate of drug-likeness (QED) is 0.598. The fourth-order valence-corrected chi connectivity index (χ4v) is 6.04. The first-order chi connectivity index (χ1) is 16.8. The molecule has 1 unspecified atom stereocenters. The van der Waals surface area contributed by atoms with Gasteiger partial charge in [-0.25, -0.2) is 0 Å². The maximum atomic E-state index is 14.0. The van der Waals surface area contributed by atoms with Gasteiger partial charge in [-0.3, -0.25) is 4.79 Å². The standard InChI is InChI=1S/C29H39N3O3/c1-19(2)28-30(5)25-10-8-22(23-9-11-26-27(16-23)35-14-13-34-26)15-24(25)29(33)32(28)18-21-7-6-12-31(17-21)20(3)4/h8-11,15-16,19-21,28H,6-7,12-14,17-18H2,1-5H3/t21-,28?/m0/s1. The Bertz CT molecular complexity index is 1080. The van der Waals surface area contributed by atoms with Gasteiger partial charge in [0, 0.05) is 26.2 Å². The van der Waals surface area contributed by atoms with E-state index in [0.29, 0.717) is 31.1 Å². The largest absolute Gasteiger partial charge is 0.486 e. The van der Waals surface area contributed by atoms with Gasteiger partial charge in [-0.05, 0) is 80.5 Å². The molecule has 188 valence electrons. The molecule has 1 amide bonds. The van der Waals surface area contributed by atoms with Crippen molar-refractivity contribution >= 4 is 11.6 Å². The molecule has 1 saturated heterocycles. The van der Waals surface area contributed by atoms with Crippen LogP contribution < -0.4 is 14.4 Å². The van der Waals surface area contributed by atoms with Gasteiger partial charge < -0.3 is 24.2 Å². The number of likely N-dealkylation sites (tertiary alicyclic amines) is 1. The van der Waals surface area contributed by atoms with E-state index >= 15 is 0 Å². The number of ether oxygens (including phenoxy) is 2. The summed E-state index contributed by atoms with van der Waals surface area (Å²) in [7, 11) is 2.13. The minimum absolute atomic E-state index is 0.0598. The van der Waals surface area contributed by atoms with Crippen LogP contribution in [0.4, 0.5) is 5.69 Å². The van der Waals surface area contributed by atoms with E-state index in [1.54, 1.807) is 0 Å². The van der Waals surface area contributed by atoms with E-state index in [1.807, 2.05) is 18.2 Å². The van der Waals surface area contributed by atoms with Crippen LogP contribution >= 0.6 is 0 Å². The molecule has 1 fully saturated rings. The lowest BCUT2D eigenvalue weighted by Gasteiger charge is -2.48. The van der Waals surface area contributed by atoms with Crippen molar-refractivity contribution in [2.75, 3.05) is 44.8 Å². The minimum atomic E-state index is 0.0598. The van der Waals surface area contributed by atoms with Crippen LogP contribution in [0.3, 0.4) is 0 Å². The molecule has 2 aromatic rings. The molecular formula is C29H39N3O3. The molecule has 0 radical (unpaired) electrons. The van der Waals surface area contributed by atoms with Crippen LogP contribution in [0, 0.1) is 11.8 Å². The number of piperidine rings is 1. The maximum absolute atomic E-state index is 14.0. The van der Waals surface area contributed by atoms with Gasteiger partial charge in [-0.2, -0.15) is 0 Å². The second-order valence-corrected chi connectivity index (χ2v) is 10.9. The highest BCUT2D eigenvalue weighted by Gasteiger charge is 2.39. The van der Waals surface area contributed by atoms with E-state index in [2.05, 4.69) is 67.6 Å². The Morgan fingerprint density at radius 2 is 1.69 bits per heavy atom. The van der Waals surface area contributed by atoms with E-state index < -0.39 is 0 Å². The van der Waals surface area contributed by atoms with Gasteiger partial charge in [-0.15, -0.1) is 0 Å². The molecule has 0 aromatic heterocycles. The second kappa shape index (κ2) is 9.73. The zero-order valence-corrected chi connectivity index (χ0v) is 21.8. The molecule has 5 rings (SSSR count). The van der Waals surface area contributed by atoms with Crippen molar-refractivity contribution in [2.24, 2.45) is 11.8 Å². The minimum Gasteiger partial charge on any atom is -0.486 e. The summed E-state index contributed by atoms with van der Waals surface area (Å²) in [6.45, 7) is 13.2. The predicted octanol–water partition coefficient (Wildman–Crippen LogP) is 5.12. The SMILES string of the molecule is CC(C)C1N(C[C@H]2CCCN(C(C)C)C2)C(=O)c2cc(-c3ccc4c(c3)OCCO4)ccc2N1C. The van der Waals surface area contributed by atoms with Crippen LogP contribution in [-0.4, -0.2) is 67.8 Å². The molecule has 2 atom stereocenters. The van der Waals surface area contributed by atoms with Gasteiger partial charge in [0.15, 0.2) is 11.5 Å². The maximum Gasteiger partial charge on any atom is 0.257 e. The van der Waals surface area contributed by atoms with E-state index in [4.69, 9.17) is 9.47 Å². The first-order valence-electron chi connectivity index (χ1n) is 13.2. The molecule has 0 N–H and O–H groups in total. The number of rotatable bonds is 5. The zero-order chi connectivity index (χ0) is 24.7. The molecule has 0 spiro atoms. The van der Waals surface area contributed by atoms with Crippen molar-refractivity contribution in [2.45, 2.75) is 52.7 Å². The molecule has 2 aromatic carbocycles. The topological polar surface area (TPSA) is 45.3 Å². The molecule has 6 nitrogen and oxygen atoms in total. The first-order valence-corrected chi connectivity index (χ1v) is 13.2. The predicted molar refractivity (Wildman–Crippen MR) is 140 cm³/mol. The van der Waals surface area contributed by atoms with Gasteiger partial charge in [0.25, 0.3) is 5.91 Å². The average Bonchev–Trinajstić information content (AvgIpc) is 2.86. The summed E-state index contributed by atoms with van der Waals surface area (Å²) in [5.41, 5.74) is 3.85. The highest BCUT2D eigenvalue weighted by molar-refractivity contribution is 6.03. The number of amides is 1. The van der Waals surface area contributed by atoms with Crippen molar-refractivity contribution in [1.82, 2.24) is 9.80 Å². The van der Waals surface area contributed by atoms with Crippen molar-refractivity contribution in [3.8, 4) is 22.6 Å². The molecule has 6 heteroatoms. The molecule has 3 aliphatic rings. The second-order valence-electron chi connectivity index (χ2n) is 10.9. The lowest BCUT2D eigenvalue weighted by atomic mass is 9.92. The van der Waals surface area contributed by atoms with E-state index in [9.17, 15) is 4.79 Å². The molecule has 3 heterocycles. The van der Waals surface area contributed by atoms with Crippen molar-refractivity contribution in [3.63, 3.8) is 0 Å². The third-order valence-corrected chi connectivity index (χ3v) is 7.79.